The highest BCUT2D eigenvalue weighted by atomic mass is 32.2. The van der Waals surface area contributed by atoms with Crippen LogP contribution in [0.5, 0.6) is 5.75 Å². The highest BCUT2D eigenvalue weighted by Gasteiger charge is 2.38. The van der Waals surface area contributed by atoms with Crippen molar-refractivity contribution in [2.24, 2.45) is 0 Å². The van der Waals surface area contributed by atoms with Gasteiger partial charge in [0, 0.05) is 16.9 Å². The van der Waals surface area contributed by atoms with Gasteiger partial charge in [-0.1, -0.05) is 36.2 Å². The van der Waals surface area contributed by atoms with Crippen LogP contribution < -0.4 is 4.72 Å². The molecule has 0 bridgehead atoms. The zero-order valence-corrected chi connectivity index (χ0v) is 13.1. The summed E-state index contributed by atoms with van der Waals surface area (Å²) in [5.41, 5.74) is 3.08. The maximum absolute atomic E-state index is 9.30. The molecule has 3 heteroatoms. The van der Waals surface area contributed by atoms with E-state index in [0.29, 0.717) is 11.2 Å². The first kappa shape index (κ1) is 14.5. The van der Waals surface area contributed by atoms with Crippen LogP contribution in [0, 0.1) is 6.92 Å². The summed E-state index contributed by atoms with van der Waals surface area (Å²) in [6, 6.07) is 16.3. The monoisotopic (exact) mass is 299 g/mol. The van der Waals surface area contributed by atoms with Gasteiger partial charge in [-0.2, -0.15) is 0 Å². The maximum Gasteiger partial charge on any atom is 0.115 e. The van der Waals surface area contributed by atoms with Gasteiger partial charge in [-0.3, -0.25) is 4.72 Å². The molecule has 0 radical (unpaired) electrons. The summed E-state index contributed by atoms with van der Waals surface area (Å²) in [4.78, 5) is 1.13. The van der Waals surface area contributed by atoms with Crippen molar-refractivity contribution in [3.63, 3.8) is 0 Å². The Hall–Kier alpha value is -1.45. The standard InChI is InChI=1S/C18H21NOS/c1-14-3-5-15(6-4-14)18(11-2-12-18)13-19-21-17-9-7-16(20)8-10-17/h3-10,19-20H,2,11-13H2,1H3. The Kier molecular flexibility index (Phi) is 4.22. The molecule has 1 aliphatic carbocycles. The molecular weight excluding hydrogens is 278 g/mol. The Morgan fingerprint density at radius 1 is 1.05 bits per heavy atom. The predicted molar refractivity (Wildman–Crippen MR) is 88.7 cm³/mol. The van der Waals surface area contributed by atoms with Gasteiger partial charge in [0.2, 0.25) is 0 Å². The van der Waals surface area contributed by atoms with Crippen molar-refractivity contribution in [2.45, 2.75) is 36.5 Å². The Labute approximate surface area is 130 Å². The zero-order valence-electron chi connectivity index (χ0n) is 12.3. The molecule has 0 amide bonds. The molecule has 0 spiro atoms. The second-order valence-corrected chi connectivity index (χ2v) is 6.88. The number of aromatic hydroxyl groups is 1. The third kappa shape index (κ3) is 3.25. The molecular formula is C18H21NOS. The van der Waals surface area contributed by atoms with Crippen LogP contribution >= 0.6 is 11.9 Å². The fraction of sp³-hybridized carbons (Fsp3) is 0.333. The van der Waals surface area contributed by atoms with Crippen molar-refractivity contribution >= 4 is 11.9 Å². The molecule has 0 atom stereocenters. The molecule has 3 rings (SSSR count). The third-order valence-electron chi connectivity index (χ3n) is 4.41. The summed E-state index contributed by atoms with van der Waals surface area (Å²) in [7, 11) is 0. The Balaban J connectivity index is 1.62. The lowest BCUT2D eigenvalue weighted by Crippen LogP contribution is -2.42. The Morgan fingerprint density at radius 2 is 1.71 bits per heavy atom. The molecule has 2 nitrogen and oxygen atoms in total. The number of hydrogen-bond acceptors (Lipinski definition) is 3. The maximum atomic E-state index is 9.30. The number of hydrogen-bond donors (Lipinski definition) is 2. The van der Waals surface area contributed by atoms with Crippen molar-refractivity contribution < 1.29 is 5.11 Å². The van der Waals surface area contributed by atoms with Crippen LogP contribution in [0.1, 0.15) is 30.4 Å². The van der Waals surface area contributed by atoms with E-state index in [1.165, 1.54) is 30.4 Å². The summed E-state index contributed by atoms with van der Waals surface area (Å²) >= 11 is 1.64. The van der Waals surface area contributed by atoms with Gasteiger partial charge in [-0.25, -0.2) is 0 Å². The van der Waals surface area contributed by atoms with Gasteiger partial charge in [-0.05, 0) is 61.5 Å². The van der Waals surface area contributed by atoms with Crippen molar-refractivity contribution in [2.75, 3.05) is 6.54 Å². The Morgan fingerprint density at radius 3 is 2.29 bits per heavy atom. The summed E-state index contributed by atoms with van der Waals surface area (Å²) in [6.45, 7) is 3.12. The van der Waals surface area contributed by atoms with Crippen LogP contribution in [0.25, 0.3) is 0 Å². The number of benzene rings is 2. The average molecular weight is 299 g/mol. The number of aryl methyl sites for hydroxylation is 1. The second kappa shape index (κ2) is 6.12. The first-order valence-electron chi connectivity index (χ1n) is 7.44. The molecule has 110 valence electrons. The van der Waals surface area contributed by atoms with Crippen LogP contribution in [0.4, 0.5) is 0 Å². The van der Waals surface area contributed by atoms with E-state index in [4.69, 9.17) is 0 Å². The van der Waals surface area contributed by atoms with E-state index in [2.05, 4.69) is 35.9 Å². The molecule has 1 saturated carbocycles. The fourth-order valence-electron chi connectivity index (χ4n) is 2.85. The third-order valence-corrected chi connectivity index (χ3v) is 5.21. The van der Waals surface area contributed by atoms with Crippen LogP contribution in [0.3, 0.4) is 0 Å². The van der Waals surface area contributed by atoms with Crippen LogP contribution in [-0.4, -0.2) is 11.7 Å². The highest BCUT2D eigenvalue weighted by molar-refractivity contribution is 7.97. The number of rotatable bonds is 5. The summed E-state index contributed by atoms with van der Waals surface area (Å²) in [5.74, 6) is 0.314. The number of phenolic OH excluding ortho intramolecular Hbond substituents is 1. The van der Waals surface area contributed by atoms with Crippen molar-refractivity contribution in [1.29, 1.82) is 0 Å². The second-order valence-electron chi connectivity index (χ2n) is 5.92. The molecule has 2 aromatic rings. The van der Waals surface area contributed by atoms with Gasteiger partial charge in [0.05, 0.1) is 0 Å². The average Bonchev–Trinajstić information content (AvgIpc) is 2.45. The zero-order chi connectivity index (χ0) is 14.7. The number of nitrogens with one attached hydrogen (secondary N) is 1. The lowest BCUT2D eigenvalue weighted by atomic mass is 9.64. The predicted octanol–water partition coefficient (Wildman–Crippen LogP) is 4.42. The van der Waals surface area contributed by atoms with Crippen LogP contribution in [0.15, 0.2) is 53.4 Å². The van der Waals surface area contributed by atoms with Crippen molar-refractivity contribution in [3.05, 3.63) is 59.7 Å². The lowest BCUT2D eigenvalue weighted by molar-refractivity contribution is 0.247. The normalized spacial score (nSPS) is 16.4. The Bertz CT molecular complexity index is 588. The molecule has 0 heterocycles. The summed E-state index contributed by atoms with van der Waals surface area (Å²) < 4.78 is 3.51. The van der Waals surface area contributed by atoms with Gasteiger partial charge >= 0.3 is 0 Å². The first-order chi connectivity index (χ1) is 10.2. The first-order valence-corrected chi connectivity index (χ1v) is 8.26. The molecule has 0 saturated heterocycles. The van der Waals surface area contributed by atoms with Gasteiger partial charge in [0.25, 0.3) is 0 Å². The number of phenols is 1. The molecule has 0 unspecified atom stereocenters. The fourth-order valence-corrected chi connectivity index (χ4v) is 3.64. The van der Waals surface area contributed by atoms with E-state index in [9.17, 15) is 5.11 Å². The van der Waals surface area contributed by atoms with Gasteiger partial charge in [-0.15, -0.1) is 0 Å². The molecule has 1 aliphatic rings. The van der Waals surface area contributed by atoms with Crippen molar-refractivity contribution in [3.8, 4) is 5.75 Å². The van der Waals surface area contributed by atoms with E-state index < -0.39 is 0 Å². The summed E-state index contributed by atoms with van der Waals surface area (Å²) in [5, 5.41) is 9.30. The van der Waals surface area contributed by atoms with E-state index in [1.807, 2.05) is 12.1 Å². The van der Waals surface area contributed by atoms with E-state index in [1.54, 1.807) is 24.1 Å². The highest BCUT2D eigenvalue weighted by Crippen LogP contribution is 2.43. The smallest absolute Gasteiger partial charge is 0.115 e. The lowest BCUT2D eigenvalue weighted by Gasteiger charge is -2.42. The minimum absolute atomic E-state index is 0.303. The van der Waals surface area contributed by atoms with Gasteiger partial charge < -0.3 is 5.11 Å². The van der Waals surface area contributed by atoms with Gasteiger partial charge in [0.15, 0.2) is 0 Å². The van der Waals surface area contributed by atoms with Gasteiger partial charge in [0.1, 0.15) is 5.75 Å². The molecule has 21 heavy (non-hydrogen) atoms. The quantitative estimate of drug-likeness (QED) is 0.802. The minimum atomic E-state index is 0.303. The largest absolute Gasteiger partial charge is 0.508 e. The van der Waals surface area contributed by atoms with Crippen LogP contribution in [-0.2, 0) is 5.41 Å². The van der Waals surface area contributed by atoms with E-state index in [0.717, 1.165) is 11.4 Å². The van der Waals surface area contributed by atoms with Crippen LogP contribution in [0.2, 0.25) is 0 Å². The molecule has 1 fully saturated rings. The molecule has 2 N–H and O–H groups in total. The summed E-state index contributed by atoms with van der Waals surface area (Å²) in [6.07, 6.45) is 3.85. The minimum Gasteiger partial charge on any atom is -0.508 e. The molecule has 0 aromatic heterocycles. The van der Waals surface area contributed by atoms with E-state index in [-0.39, 0.29) is 0 Å². The molecule has 2 aromatic carbocycles. The van der Waals surface area contributed by atoms with Crippen molar-refractivity contribution in [1.82, 2.24) is 4.72 Å². The SMILES string of the molecule is Cc1ccc(C2(CNSc3ccc(O)cc3)CCC2)cc1. The van der Waals surface area contributed by atoms with E-state index >= 15 is 0 Å². The molecule has 0 aliphatic heterocycles. The topological polar surface area (TPSA) is 32.3 Å².